The smallest absolute Gasteiger partial charge is 0.341 e. The molecule has 0 spiro atoms. The molecule has 4 nitrogen and oxygen atoms in total. The summed E-state index contributed by atoms with van der Waals surface area (Å²) >= 11 is 0. The van der Waals surface area contributed by atoms with Crippen LogP contribution in [0.2, 0.25) is 0 Å². The minimum absolute atomic E-state index is 0.283. The zero-order valence-corrected chi connectivity index (χ0v) is 10.0. The van der Waals surface area contributed by atoms with Crippen LogP contribution in [0, 0.1) is 0 Å². The van der Waals surface area contributed by atoms with E-state index < -0.39 is 5.97 Å². The van der Waals surface area contributed by atoms with E-state index >= 15 is 0 Å². The van der Waals surface area contributed by atoms with E-state index in [0.29, 0.717) is 6.54 Å². The molecule has 2 aromatic rings. The summed E-state index contributed by atoms with van der Waals surface area (Å²) in [6.07, 6.45) is 3.46. The van der Waals surface area contributed by atoms with E-state index in [9.17, 15) is 4.79 Å². The van der Waals surface area contributed by atoms with Gasteiger partial charge in [-0.25, -0.2) is 4.79 Å². The molecule has 92 valence electrons. The molecule has 0 saturated heterocycles. The molecule has 0 fully saturated rings. The summed E-state index contributed by atoms with van der Waals surface area (Å²) in [6, 6.07) is 11.0. The lowest BCUT2D eigenvalue weighted by atomic mass is 10.2. The van der Waals surface area contributed by atoms with E-state index in [2.05, 4.69) is 0 Å². The van der Waals surface area contributed by atoms with Crippen molar-refractivity contribution in [2.45, 2.75) is 6.54 Å². The fraction of sp³-hybridized carbons (Fsp3) is 0.143. The Hall–Kier alpha value is -2.36. The van der Waals surface area contributed by atoms with E-state index in [1.54, 1.807) is 25.4 Å². The second-order valence-electron chi connectivity index (χ2n) is 3.92. The molecule has 0 aliphatic heterocycles. The standard InChI is InChI=1S/C14H13NO3/c1-18-13-6-4-11(5-7-13)9-15-8-2-3-12(10-15)14(16)17/h2-8,10H,9H2,1H3/p+1. The number of hydrogen-bond acceptors (Lipinski definition) is 2. The molecule has 1 aromatic heterocycles. The molecule has 0 amide bonds. The molecule has 4 heteroatoms. The van der Waals surface area contributed by atoms with Crippen molar-refractivity contribution in [3.05, 3.63) is 59.9 Å². The topological polar surface area (TPSA) is 50.4 Å². The Morgan fingerprint density at radius 3 is 2.61 bits per heavy atom. The third kappa shape index (κ3) is 2.85. The zero-order chi connectivity index (χ0) is 13.0. The van der Waals surface area contributed by atoms with E-state index in [-0.39, 0.29) is 5.56 Å². The molecule has 18 heavy (non-hydrogen) atoms. The summed E-state index contributed by atoms with van der Waals surface area (Å²) in [5.74, 6) is -0.109. The first-order chi connectivity index (χ1) is 8.69. The van der Waals surface area contributed by atoms with Gasteiger partial charge in [-0.1, -0.05) is 0 Å². The summed E-state index contributed by atoms with van der Waals surface area (Å²) in [5, 5.41) is 8.91. The Morgan fingerprint density at radius 1 is 1.28 bits per heavy atom. The lowest BCUT2D eigenvalue weighted by Gasteiger charge is -2.01. The number of ether oxygens (including phenoxy) is 1. The van der Waals surface area contributed by atoms with E-state index in [4.69, 9.17) is 9.84 Å². The highest BCUT2D eigenvalue weighted by Gasteiger charge is 2.09. The fourth-order valence-corrected chi connectivity index (χ4v) is 1.69. The number of carbonyl (C=O) groups is 1. The number of carboxylic acids is 1. The van der Waals surface area contributed by atoms with Crippen LogP contribution in [0.3, 0.4) is 0 Å². The first-order valence-electron chi connectivity index (χ1n) is 5.54. The SMILES string of the molecule is COc1ccc(C[n+]2cccc(C(=O)O)c2)cc1. The summed E-state index contributed by atoms with van der Waals surface area (Å²) in [7, 11) is 1.63. The number of hydrogen-bond donors (Lipinski definition) is 1. The van der Waals surface area contributed by atoms with Gasteiger partial charge in [-0.15, -0.1) is 0 Å². The number of benzene rings is 1. The van der Waals surface area contributed by atoms with Gasteiger partial charge in [-0.05, 0) is 30.3 Å². The molecule has 0 saturated carbocycles. The normalized spacial score (nSPS) is 10.1. The van der Waals surface area contributed by atoms with Crippen molar-refractivity contribution in [3.8, 4) is 5.75 Å². The number of methoxy groups -OCH3 is 1. The van der Waals surface area contributed by atoms with Gasteiger partial charge in [0.15, 0.2) is 18.9 Å². The maximum Gasteiger partial charge on any atom is 0.341 e. The Morgan fingerprint density at radius 2 is 2.00 bits per heavy atom. The lowest BCUT2D eigenvalue weighted by Crippen LogP contribution is -2.34. The van der Waals surface area contributed by atoms with E-state index in [1.165, 1.54) is 0 Å². The molecule has 1 aromatic carbocycles. The Bertz CT molecular complexity index is 549. The number of nitrogens with zero attached hydrogens (tertiary/aromatic N) is 1. The van der Waals surface area contributed by atoms with Crippen LogP contribution in [0.25, 0.3) is 0 Å². The van der Waals surface area contributed by atoms with E-state index in [0.717, 1.165) is 11.3 Å². The molecule has 0 bridgehead atoms. The summed E-state index contributed by atoms with van der Waals surface area (Å²) in [5.41, 5.74) is 1.37. The number of aromatic carboxylic acids is 1. The molecule has 1 N–H and O–H groups in total. The molecule has 0 aliphatic rings. The van der Waals surface area contributed by atoms with Gasteiger partial charge in [0.05, 0.1) is 7.11 Å². The molecule has 2 rings (SSSR count). The van der Waals surface area contributed by atoms with Crippen LogP contribution < -0.4 is 9.30 Å². The van der Waals surface area contributed by atoms with Crippen molar-refractivity contribution in [1.29, 1.82) is 0 Å². The minimum atomic E-state index is -0.918. The monoisotopic (exact) mass is 244 g/mol. The molecule has 1 heterocycles. The van der Waals surface area contributed by atoms with Crippen molar-refractivity contribution in [2.75, 3.05) is 7.11 Å². The average molecular weight is 244 g/mol. The third-order valence-electron chi connectivity index (χ3n) is 2.63. The van der Waals surface area contributed by atoms with Crippen LogP contribution in [0.1, 0.15) is 15.9 Å². The van der Waals surface area contributed by atoms with Gasteiger partial charge in [-0.2, -0.15) is 4.57 Å². The third-order valence-corrected chi connectivity index (χ3v) is 2.63. The minimum Gasteiger partial charge on any atom is -0.497 e. The van der Waals surface area contributed by atoms with Crippen molar-refractivity contribution >= 4 is 5.97 Å². The first kappa shape index (κ1) is 12.1. The van der Waals surface area contributed by atoms with Crippen LogP contribution >= 0.6 is 0 Å². The van der Waals surface area contributed by atoms with Crippen LogP contribution in [0.5, 0.6) is 5.75 Å². The molecule has 0 aliphatic carbocycles. The number of pyridine rings is 1. The van der Waals surface area contributed by atoms with Gasteiger partial charge in [0.2, 0.25) is 0 Å². The second kappa shape index (κ2) is 5.31. The average Bonchev–Trinajstić information content (AvgIpc) is 2.40. The van der Waals surface area contributed by atoms with Crippen LogP contribution in [0.15, 0.2) is 48.8 Å². The molecular formula is C14H14NO3+. The summed E-state index contributed by atoms with van der Waals surface area (Å²) < 4.78 is 6.92. The Kier molecular flexibility index (Phi) is 3.57. The number of rotatable bonds is 4. The van der Waals surface area contributed by atoms with E-state index in [1.807, 2.05) is 35.0 Å². The predicted octanol–water partition coefficient (Wildman–Crippen LogP) is 1.73. The molecule has 0 unspecified atom stereocenters. The van der Waals surface area contributed by atoms with Gasteiger partial charge in [0.1, 0.15) is 11.3 Å². The van der Waals surface area contributed by atoms with Gasteiger partial charge in [0, 0.05) is 11.6 Å². The van der Waals surface area contributed by atoms with Crippen molar-refractivity contribution in [1.82, 2.24) is 0 Å². The molecule has 0 radical (unpaired) electrons. The summed E-state index contributed by atoms with van der Waals surface area (Å²) in [4.78, 5) is 10.9. The van der Waals surface area contributed by atoms with Crippen molar-refractivity contribution in [2.24, 2.45) is 0 Å². The predicted molar refractivity (Wildman–Crippen MR) is 65.7 cm³/mol. The van der Waals surface area contributed by atoms with Gasteiger partial charge < -0.3 is 9.84 Å². The maximum absolute atomic E-state index is 10.9. The lowest BCUT2D eigenvalue weighted by molar-refractivity contribution is -0.688. The molecule has 0 atom stereocenters. The summed E-state index contributed by atoms with van der Waals surface area (Å²) in [6.45, 7) is 0.630. The Balaban J connectivity index is 2.17. The first-order valence-corrected chi connectivity index (χ1v) is 5.54. The fourth-order valence-electron chi connectivity index (χ4n) is 1.69. The van der Waals surface area contributed by atoms with Crippen molar-refractivity contribution < 1.29 is 19.2 Å². The molecular weight excluding hydrogens is 230 g/mol. The van der Waals surface area contributed by atoms with Gasteiger partial charge >= 0.3 is 5.97 Å². The Labute approximate surface area is 105 Å². The highest BCUT2D eigenvalue weighted by atomic mass is 16.5. The maximum atomic E-state index is 10.9. The number of carboxylic acid groups (broad SMARTS) is 1. The highest BCUT2D eigenvalue weighted by molar-refractivity contribution is 5.86. The van der Waals surface area contributed by atoms with Crippen molar-refractivity contribution in [3.63, 3.8) is 0 Å². The van der Waals surface area contributed by atoms with Crippen LogP contribution in [-0.4, -0.2) is 18.2 Å². The van der Waals surface area contributed by atoms with Gasteiger partial charge in [-0.3, -0.25) is 0 Å². The van der Waals surface area contributed by atoms with Gasteiger partial charge in [0.25, 0.3) is 0 Å². The zero-order valence-electron chi connectivity index (χ0n) is 10.0. The van der Waals surface area contributed by atoms with Crippen LogP contribution in [0.4, 0.5) is 0 Å². The van der Waals surface area contributed by atoms with Crippen LogP contribution in [-0.2, 0) is 6.54 Å². The largest absolute Gasteiger partial charge is 0.497 e. The highest BCUT2D eigenvalue weighted by Crippen LogP contribution is 2.10. The second-order valence-corrected chi connectivity index (χ2v) is 3.92. The quantitative estimate of drug-likeness (QED) is 0.833. The number of aromatic nitrogens is 1.